The van der Waals surface area contributed by atoms with E-state index in [4.69, 9.17) is 0 Å². The second-order valence-electron chi connectivity index (χ2n) is 7.33. The predicted octanol–water partition coefficient (Wildman–Crippen LogP) is 3.69. The van der Waals surface area contributed by atoms with Gasteiger partial charge in [-0.25, -0.2) is 0 Å². The summed E-state index contributed by atoms with van der Waals surface area (Å²) >= 11 is 0. The van der Waals surface area contributed by atoms with E-state index in [0.29, 0.717) is 0 Å². The highest BCUT2D eigenvalue weighted by Crippen LogP contribution is 2.47. The van der Waals surface area contributed by atoms with Crippen molar-refractivity contribution in [2.24, 2.45) is 5.41 Å². The van der Waals surface area contributed by atoms with Gasteiger partial charge in [-0.3, -0.25) is 4.79 Å². The number of fused-ring (bicyclic) bond motifs is 1. The molecule has 3 nitrogen and oxygen atoms in total. The SMILES string of the molecule is C=CCC1(CC=C)C[C@H]2[C@H](c3ccc(C)cc3C)NCCN2C1=O. The lowest BCUT2D eigenvalue weighted by atomic mass is 9.77. The van der Waals surface area contributed by atoms with E-state index in [0.717, 1.165) is 32.4 Å². The fraction of sp³-hybridized carbons (Fsp3) is 0.476. The van der Waals surface area contributed by atoms with Crippen molar-refractivity contribution in [3.8, 4) is 0 Å². The summed E-state index contributed by atoms with van der Waals surface area (Å²) in [6, 6.07) is 7.04. The first-order chi connectivity index (χ1) is 11.5. The van der Waals surface area contributed by atoms with E-state index in [2.05, 4.69) is 55.4 Å². The number of carbonyl (C=O) groups excluding carboxylic acids is 1. The first-order valence-electron chi connectivity index (χ1n) is 8.86. The Bertz CT molecular complexity index is 654. The van der Waals surface area contributed by atoms with Gasteiger partial charge in [-0.2, -0.15) is 0 Å². The van der Waals surface area contributed by atoms with Crippen LogP contribution in [0, 0.1) is 19.3 Å². The van der Waals surface area contributed by atoms with Crippen molar-refractivity contribution >= 4 is 5.91 Å². The average Bonchev–Trinajstić information content (AvgIpc) is 2.81. The molecule has 0 saturated carbocycles. The van der Waals surface area contributed by atoms with Crippen molar-refractivity contribution < 1.29 is 4.79 Å². The molecule has 0 bridgehead atoms. The molecule has 128 valence electrons. The van der Waals surface area contributed by atoms with E-state index in [1.165, 1.54) is 16.7 Å². The Morgan fingerprint density at radius 3 is 2.62 bits per heavy atom. The molecule has 1 aromatic carbocycles. The average molecular weight is 324 g/mol. The first-order valence-corrected chi connectivity index (χ1v) is 8.86. The van der Waals surface area contributed by atoms with E-state index in [-0.39, 0.29) is 23.4 Å². The van der Waals surface area contributed by atoms with Gasteiger partial charge >= 0.3 is 0 Å². The standard InChI is InChI=1S/C21H28N2O/c1-5-9-21(10-6-2)14-18-19(22-11-12-23(18)20(21)24)17-8-7-15(3)13-16(17)4/h5-8,13,18-19,22H,1-2,9-12,14H2,3-4H3/t18-,19-/m0/s1. The zero-order valence-electron chi connectivity index (χ0n) is 14.8. The van der Waals surface area contributed by atoms with Crippen LogP contribution in [0.3, 0.4) is 0 Å². The minimum Gasteiger partial charge on any atom is -0.336 e. The normalized spacial score (nSPS) is 25.4. The van der Waals surface area contributed by atoms with Crippen molar-refractivity contribution in [1.82, 2.24) is 10.2 Å². The van der Waals surface area contributed by atoms with Crippen LogP contribution in [0.1, 0.15) is 42.0 Å². The third-order valence-corrected chi connectivity index (χ3v) is 5.65. The third-order valence-electron chi connectivity index (χ3n) is 5.65. The van der Waals surface area contributed by atoms with Crippen LogP contribution < -0.4 is 5.32 Å². The number of rotatable bonds is 5. The minimum atomic E-state index is -0.350. The fourth-order valence-corrected chi connectivity index (χ4v) is 4.56. The third kappa shape index (κ3) is 2.71. The van der Waals surface area contributed by atoms with Crippen LogP contribution in [-0.4, -0.2) is 29.9 Å². The second kappa shape index (κ2) is 6.56. The van der Waals surface area contributed by atoms with Crippen LogP contribution in [0.4, 0.5) is 0 Å². The van der Waals surface area contributed by atoms with Crippen molar-refractivity contribution in [2.75, 3.05) is 13.1 Å². The van der Waals surface area contributed by atoms with Gasteiger partial charge in [-0.15, -0.1) is 13.2 Å². The van der Waals surface area contributed by atoms with Crippen LogP contribution in [0.5, 0.6) is 0 Å². The number of benzene rings is 1. The molecule has 2 heterocycles. The number of allylic oxidation sites excluding steroid dienone is 2. The maximum Gasteiger partial charge on any atom is 0.229 e. The largest absolute Gasteiger partial charge is 0.336 e. The van der Waals surface area contributed by atoms with Crippen LogP contribution >= 0.6 is 0 Å². The minimum absolute atomic E-state index is 0.208. The molecule has 2 aliphatic rings. The van der Waals surface area contributed by atoms with E-state index in [1.807, 2.05) is 12.2 Å². The molecule has 2 aliphatic heterocycles. The van der Waals surface area contributed by atoms with Crippen molar-refractivity contribution in [2.45, 2.75) is 45.2 Å². The van der Waals surface area contributed by atoms with Crippen LogP contribution in [0.2, 0.25) is 0 Å². The van der Waals surface area contributed by atoms with Gasteiger partial charge in [-0.1, -0.05) is 35.9 Å². The zero-order valence-corrected chi connectivity index (χ0v) is 14.8. The lowest BCUT2D eigenvalue weighted by Gasteiger charge is -2.38. The summed E-state index contributed by atoms with van der Waals surface area (Å²) in [6.07, 6.45) is 6.10. The molecule has 2 fully saturated rings. The molecule has 1 amide bonds. The van der Waals surface area contributed by atoms with Gasteiger partial charge in [0.25, 0.3) is 0 Å². The molecule has 1 N–H and O–H groups in total. The Morgan fingerprint density at radius 2 is 2.00 bits per heavy atom. The van der Waals surface area contributed by atoms with Crippen molar-refractivity contribution in [1.29, 1.82) is 0 Å². The van der Waals surface area contributed by atoms with Crippen LogP contribution in [0.25, 0.3) is 0 Å². The van der Waals surface area contributed by atoms with Crippen LogP contribution in [-0.2, 0) is 4.79 Å². The number of aryl methyl sites for hydroxylation is 2. The summed E-state index contributed by atoms with van der Waals surface area (Å²) in [4.78, 5) is 15.3. The maximum atomic E-state index is 13.2. The number of carbonyl (C=O) groups is 1. The summed E-state index contributed by atoms with van der Waals surface area (Å²) in [5, 5.41) is 3.66. The Kier molecular flexibility index (Phi) is 4.64. The highest BCUT2D eigenvalue weighted by atomic mass is 16.2. The molecule has 2 atom stereocenters. The van der Waals surface area contributed by atoms with Gasteiger partial charge in [0.2, 0.25) is 5.91 Å². The smallest absolute Gasteiger partial charge is 0.229 e. The number of piperazine rings is 1. The maximum absolute atomic E-state index is 13.2. The van der Waals surface area contributed by atoms with Crippen LogP contribution in [0.15, 0.2) is 43.5 Å². The van der Waals surface area contributed by atoms with Gasteiger partial charge in [0, 0.05) is 13.1 Å². The molecule has 1 aromatic rings. The van der Waals surface area contributed by atoms with Crippen molar-refractivity contribution in [3.05, 3.63) is 60.2 Å². The van der Waals surface area contributed by atoms with Gasteiger partial charge in [0.15, 0.2) is 0 Å². The van der Waals surface area contributed by atoms with Crippen molar-refractivity contribution in [3.63, 3.8) is 0 Å². The monoisotopic (exact) mass is 324 g/mol. The summed E-state index contributed by atoms with van der Waals surface area (Å²) < 4.78 is 0. The summed E-state index contributed by atoms with van der Waals surface area (Å²) in [5.41, 5.74) is 3.54. The summed E-state index contributed by atoms with van der Waals surface area (Å²) in [6.45, 7) is 13.7. The van der Waals surface area contributed by atoms with Gasteiger partial charge < -0.3 is 10.2 Å². The molecule has 0 spiro atoms. The zero-order chi connectivity index (χ0) is 17.3. The number of nitrogens with zero attached hydrogens (tertiary/aromatic N) is 1. The van der Waals surface area contributed by atoms with E-state index >= 15 is 0 Å². The fourth-order valence-electron chi connectivity index (χ4n) is 4.56. The lowest BCUT2D eigenvalue weighted by Crippen LogP contribution is -2.51. The number of hydrogen-bond acceptors (Lipinski definition) is 2. The molecule has 3 heteroatoms. The molecule has 0 unspecified atom stereocenters. The van der Waals surface area contributed by atoms with E-state index < -0.39 is 0 Å². The Morgan fingerprint density at radius 1 is 1.29 bits per heavy atom. The molecular formula is C21H28N2O. The number of amides is 1. The lowest BCUT2D eigenvalue weighted by molar-refractivity contribution is -0.137. The molecule has 24 heavy (non-hydrogen) atoms. The predicted molar refractivity (Wildman–Crippen MR) is 98.8 cm³/mol. The Balaban J connectivity index is 1.96. The second-order valence-corrected chi connectivity index (χ2v) is 7.33. The molecule has 0 radical (unpaired) electrons. The molecule has 0 aliphatic carbocycles. The summed E-state index contributed by atoms with van der Waals surface area (Å²) in [5.74, 6) is 0.281. The molecule has 2 saturated heterocycles. The van der Waals surface area contributed by atoms with E-state index in [9.17, 15) is 4.79 Å². The highest BCUT2D eigenvalue weighted by Gasteiger charge is 2.53. The van der Waals surface area contributed by atoms with Gasteiger partial charge in [0.1, 0.15) is 0 Å². The Hall–Kier alpha value is -1.87. The molecule has 0 aromatic heterocycles. The van der Waals surface area contributed by atoms with E-state index in [1.54, 1.807) is 0 Å². The number of nitrogens with one attached hydrogen (secondary N) is 1. The Labute approximate surface area is 145 Å². The molecular weight excluding hydrogens is 296 g/mol. The van der Waals surface area contributed by atoms with Gasteiger partial charge in [-0.05, 0) is 44.2 Å². The first kappa shape index (κ1) is 17.0. The molecule has 3 rings (SSSR count). The topological polar surface area (TPSA) is 32.3 Å². The summed E-state index contributed by atoms with van der Waals surface area (Å²) in [7, 11) is 0. The number of hydrogen-bond donors (Lipinski definition) is 1. The van der Waals surface area contributed by atoms with Gasteiger partial charge in [0.05, 0.1) is 17.5 Å². The highest BCUT2D eigenvalue weighted by molar-refractivity contribution is 5.86. The quantitative estimate of drug-likeness (QED) is 0.838.